The van der Waals surface area contributed by atoms with Gasteiger partial charge in [0, 0.05) is 24.4 Å². The summed E-state index contributed by atoms with van der Waals surface area (Å²) in [7, 11) is 3.91. The van der Waals surface area contributed by atoms with E-state index in [2.05, 4.69) is 20.6 Å². The number of aliphatic carboxylic acids is 1. The van der Waals surface area contributed by atoms with E-state index in [1.54, 1.807) is 0 Å². The van der Waals surface area contributed by atoms with Crippen molar-refractivity contribution in [2.45, 2.75) is 31.8 Å². The molecule has 0 aliphatic carbocycles. The van der Waals surface area contributed by atoms with Crippen LogP contribution >= 0.6 is 0 Å². The Bertz CT molecular complexity index is 447. The maximum absolute atomic E-state index is 11.8. The molecule has 2 amide bonds. The number of hydrogen-bond acceptors (Lipinski definition) is 4. The molecule has 1 aromatic rings. The molecule has 1 aromatic heterocycles. The number of H-pyrrole nitrogens is 1. The van der Waals surface area contributed by atoms with Crippen LogP contribution in [0.15, 0.2) is 12.5 Å². The number of aromatic amines is 1. The first-order valence-electron chi connectivity index (χ1n) is 6.80. The molecule has 0 aliphatic heterocycles. The third-order valence-corrected chi connectivity index (χ3v) is 2.97. The fourth-order valence-corrected chi connectivity index (χ4v) is 1.76. The van der Waals surface area contributed by atoms with Gasteiger partial charge in [-0.15, -0.1) is 0 Å². The molecule has 1 rings (SSSR count). The lowest BCUT2D eigenvalue weighted by atomic mass is 10.1. The Balaban J connectivity index is 2.43. The summed E-state index contributed by atoms with van der Waals surface area (Å²) in [6.45, 7) is 2.73. The number of carboxylic acids is 1. The van der Waals surface area contributed by atoms with Crippen LogP contribution in [0.1, 0.15) is 19.0 Å². The van der Waals surface area contributed by atoms with Crippen molar-refractivity contribution in [1.82, 2.24) is 25.5 Å². The van der Waals surface area contributed by atoms with Crippen LogP contribution in [-0.2, 0) is 11.2 Å². The Morgan fingerprint density at radius 1 is 1.43 bits per heavy atom. The van der Waals surface area contributed by atoms with Crippen LogP contribution in [0.2, 0.25) is 0 Å². The number of nitrogens with one attached hydrogen (secondary N) is 3. The van der Waals surface area contributed by atoms with Crippen LogP contribution in [0.3, 0.4) is 0 Å². The van der Waals surface area contributed by atoms with Gasteiger partial charge in [0.05, 0.1) is 6.33 Å². The van der Waals surface area contributed by atoms with E-state index < -0.39 is 18.0 Å². The highest BCUT2D eigenvalue weighted by molar-refractivity contribution is 5.82. The van der Waals surface area contributed by atoms with Gasteiger partial charge in [0.25, 0.3) is 0 Å². The number of amides is 2. The SMILES string of the molecule is CC(CCN(C)C)NC(=O)N[C@@H](Cc1cnc[nH]1)C(=O)O. The second-order valence-corrected chi connectivity index (χ2v) is 5.28. The number of imidazole rings is 1. The van der Waals surface area contributed by atoms with E-state index in [4.69, 9.17) is 5.11 Å². The highest BCUT2D eigenvalue weighted by Crippen LogP contribution is 1.99. The van der Waals surface area contributed by atoms with Gasteiger partial charge in [0.2, 0.25) is 0 Å². The Morgan fingerprint density at radius 3 is 2.67 bits per heavy atom. The molecule has 0 radical (unpaired) electrons. The van der Waals surface area contributed by atoms with Gasteiger partial charge < -0.3 is 25.6 Å². The van der Waals surface area contributed by atoms with E-state index >= 15 is 0 Å². The zero-order chi connectivity index (χ0) is 15.8. The lowest BCUT2D eigenvalue weighted by Crippen LogP contribution is -2.49. The molecule has 0 aromatic carbocycles. The standard InChI is InChI=1S/C13H23N5O3/c1-9(4-5-18(2)3)16-13(21)17-11(12(19)20)6-10-7-14-8-15-10/h7-9,11H,4-6H2,1-3H3,(H,14,15)(H,19,20)(H2,16,17,21)/t9?,11-/m0/s1. The number of nitrogens with zero attached hydrogens (tertiary/aromatic N) is 2. The molecule has 0 saturated heterocycles. The predicted octanol–water partition coefficient (Wildman–Crippen LogP) is 0.0448. The quantitative estimate of drug-likeness (QED) is 0.542. The Hall–Kier alpha value is -2.09. The third-order valence-electron chi connectivity index (χ3n) is 2.97. The van der Waals surface area contributed by atoms with Crippen LogP contribution in [0.25, 0.3) is 0 Å². The van der Waals surface area contributed by atoms with Crippen LogP contribution in [-0.4, -0.2) is 64.7 Å². The average Bonchev–Trinajstić information content (AvgIpc) is 2.88. The fourth-order valence-electron chi connectivity index (χ4n) is 1.76. The number of carbonyl (C=O) groups excluding carboxylic acids is 1. The third kappa shape index (κ3) is 6.75. The minimum Gasteiger partial charge on any atom is -0.480 e. The number of carboxylic acid groups (broad SMARTS) is 1. The van der Waals surface area contributed by atoms with Gasteiger partial charge in [0.15, 0.2) is 0 Å². The zero-order valence-corrected chi connectivity index (χ0v) is 12.6. The van der Waals surface area contributed by atoms with E-state index in [9.17, 15) is 9.59 Å². The van der Waals surface area contributed by atoms with Crippen LogP contribution in [0.4, 0.5) is 4.79 Å². The number of carbonyl (C=O) groups is 2. The molecule has 8 nitrogen and oxygen atoms in total. The largest absolute Gasteiger partial charge is 0.480 e. The number of rotatable bonds is 8. The monoisotopic (exact) mass is 297 g/mol. The van der Waals surface area contributed by atoms with Crippen molar-refractivity contribution in [3.63, 3.8) is 0 Å². The lowest BCUT2D eigenvalue weighted by molar-refractivity contribution is -0.139. The molecule has 0 spiro atoms. The summed E-state index contributed by atoms with van der Waals surface area (Å²) < 4.78 is 0. The van der Waals surface area contributed by atoms with E-state index in [1.807, 2.05) is 25.9 Å². The molecular formula is C13H23N5O3. The van der Waals surface area contributed by atoms with Gasteiger partial charge in [0.1, 0.15) is 6.04 Å². The van der Waals surface area contributed by atoms with E-state index in [0.717, 1.165) is 13.0 Å². The van der Waals surface area contributed by atoms with Crippen molar-refractivity contribution in [3.05, 3.63) is 18.2 Å². The van der Waals surface area contributed by atoms with Gasteiger partial charge in [-0.25, -0.2) is 14.6 Å². The van der Waals surface area contributed by atoms with E-state index in [-0.39, 0.29) is 12.5 Å². The molecule has 0 aliphatic rings. The molecule has 4 N–H and O–H groups in total. The summed E-state index contributed by atoms with van der Waals surface area (Å²) in [6.07, 6.45) is 3.96. The molecule has 1 heterocycles. The summed E-state index contributed by atoms with van der Waals surface area (Å²) in [5.74, 6) is -1.08. The second-order valence-electron chi connectivity index (χ2n) is 5.28. The van der Waals surface area contributed by atoms with Gasteiger partial charge in [-0.1, -0.05) is 0 Å². The van der Waals surface area contributed by atoms with Crippen molar-refractivity contribution in [2.75, 3.05) is 20.6 Å². The Morgan fingerprint density at radius 2 is 2.14 bits per heavy atom. The molecule has 2 atom stereocenters. The van der Waals surface area contributed by atoms with Crippen LogP contribution in [0, 0.1) is 0 Å². The van der Waals surface area contributed by atoms with Gasteiger partial charge in [-0.3, -0.25) is 0 Å². The summed E-state index contributed by atoms with van der Waals surface area (Å²) in [5, 5.41) is 14.3. The van der Waals surface area contributed by atoms with Crippen molar-refractivity contribution in [2.24, 2.45) is 0 Å². The first-order valence-corrected chi connectivity index (χ1v) is 6.80. The topological polar surface area (TPSA) is 110 Å². The molecular weight excluding hydrogens is 274 g/mol. The van der Waals surface area contributed by atoms with Gasteiger partial charge >= 0.3 is 12.0 Å². The number of aromatic nitrogens is 2. The predicted molar refractivity (Wildman–Crippen MR) is 78.0 cm³/mol. The molecule has 0 bridgehead atoms. The van der Waals surface area contributed by atoms with Gasteiger partial charge in [-0.05, 0) is 34.0 Å². The Labute approximate surface area is 123 Å². The van der Waals surface area contributed by atoms with Gasteiger partial charge in [-0.2, -0.15) is 0 Å². The summed E-state index contributed by atoms with van der Waals surface area (Å²) >= 11 is 0. The smallest absolute Gasteiger partial charge is 0.326 e. The number of hydrogen-bond donors (Lipinski definition) is 4. The maximum Gasteiger partial charge on any atom is 0.326 e. The normalized spacial score (nSPS) is 13.7. The van der Waals surface area contributed by atoms with Crippen LogP contribution in [0.5, 0.6) is 0 Å². The minimum absolute atomic E-state index is 0.0333. The van der Waals surface area contributed by atoms with E-state index in [0.29, 0.717) is 5.69 Å². The van der Waals surface area contributed by atoms with Crippen molar-refractivity contribution < 1.29 is 14.7 Å². The fraction of sp³-hybridized carbons (Fsp3) is 0.615. The second kappa shape index (κ2) is 8.25. The number of urea groups is 1. The zero-order valence-electron chi connectivity index (χ0n) is 12.6. The highest BCUT2D eigenvalue weighted by Gasteiger charge is 2.21. The average molecular weight is 297 g/mol. The first kappa shape index (κ1) is 17.0. The van der Waals surface area contributed by atoms with Crippen molar-refractivity contribution in [1.29, 1.82) is 0 Å². The minimum atomic E-state index is -1.08. The Kier molecular flexibility index (Phi) is 6.67. The highest BCUT2D eigenvalue weighted by atomic mass is 16.4. The van der Waals surface area contributed by atoms with Crippen molar-refractivity contribution in [3.8, 4) is 0 Å². The molecule has 118 valence electrons. The molecule has 21 heavy (non-hydrogen) atoms. The van der Waals surface area contributed by atoms with Crippen molar-refractivity contribution >= 4 is 12.0 Å². The molecule has 0 saturated carbocycles. The summed E-state index contributed by atoms with van der Waals surface area (Å²) in [6, 6.07) is -1.51. The summed E-state index contributed by atoms with van der Waals surface area (Å²) in [4.78, 5) is 31.7. The first-order chi connectivity index (χ1) is 9.88. The lowest BCUT2D eigenvalue weighted by Gasteiger charge is -2.19. The molecule has 1 unspecified atom stereocenters. The molecule has 0 fully saturated rings. The van der Waals surface area contributed by atoms with Crippen LogP contribution < -0.4 is 10.6 Å². The van der Waals surface area contributed by atoms with E-state index in [1.165, 1.54) is 12.5 Å². The maximum atomic E-state index is 11.8. The summed E-state index contributed by atoms with van der Waals surface area (Å²) in [5.41, 5.74) is 0.656. The molecule has 8 heteroatoms.